The number of nitrogens with one attached hydrogen (secondary N) is 1. The van der Waals surface area contributed by atoms with Gasteiger partial charge in [0.1, 0.15) is 0 Å². The largest absolute Gasteiger partial charge is 0.349 e. The van der Waals surface area contributed by atoms with Gasteiger partial charge in [-0.3, -0.25) is 9.52 Å². The molecule has 0 bridgehead atoms. The Morgan fingerprint density at radius 1 is 1.04 bits per heavy atom. The summed E-state index contributed by atoms with van der Waals surface area (Å²) in [7, 11) is -0.464. The summed E-state index contributed by atoms with van der Waals surface area (Å²) in [6, 6.07) is 13.8. The van der Waals surface area contributed by atoms with E-state index in [2.05, 4.69) is 4.72 Å². The Bertz CT molecular complexity index is 812. The molecule has 2 rings (SSSR count). The summed E-state index contributed by atoms with van der Waals surface area (Å²) in [4.78, 5) is 13.5. The molecular weight excluding hydrogens is 324 g/mol. The van der Waals surface area contributed by atoms with E-state index in [1.54, 1.807) is 44.4 Å². The van der Waals surface area contributed by atoms with Gasteiger partial charge in [-0.1, -0.05) is 37.3 Å². The highest BCUT2D eigenvalue weighted by molar-refractivity contribution is 7.92. The van der Waals surface area contributed by atoms with Gasteiger partial charge in [0.15, 0.2) is 0 Å². The minimum Gasteiger partial charge on any atom is -0.349 e. The highest BCUT2D eigenvalue weighted by Crippen LogP contribution is 2.21. The summed E-state index contributed by atoms with van der Waals surface area (Å²) >= 11 is 0. The Hall–Kier alpha value is -2.34. The van der Waals surface area contributed by atoms with Crippen LogP contribution < -0.4 is 4.72 Å². The van der Waals surface area contributed by atoms with Crippen molar-refractivity contribution >= 4 is 21.6 Å². The summed E-state index contributed by atoms with van der Waals surface area (Å²) in [6.07, 6.45) is 0.932. The molecule has 0 atom stereocenters. The molecular formula is C18H22N2O3S. The van der Waals surface area contributed by atoms with Crippen LogP contribution in [0.15, 0.2) is 53.4 Å². The molecule has 0 radical (unpaired) electrons. The third-order valence-corrected chi connectivity index (χ3v) is 5.20. The number of amides is 1. The lowest BCUT2D eigenvalue weighted by molar-refractivity contribution is -0.127. The number of carbonyl (C=O) groups is 1. The molecule has 0 unspecified atom stereocenters. The highest BCUT2D eigenvalue weighted by atomic mass is 32.2. The number of carbonyl (C=O) groups excluding carboxylic acids is 1. The second-order valence-corrected chi connectivity index (χ2v) is 7.38. The van der Waals surface area contributed by atoms with Crippen LogP contribution in [0.3, 0.4) is 0 Å². The fraction of sp³-hybridized carbons (Fsp3) is 0.278. The normalized spacial score (nSPS) is 11.1. The maximum absolute atomic E-state index is 12.7. The molecule has 1 N–H and O–H groups in total. The van der Waals surface area contributed by atoms with Crippen LogP contribution in [0.1, 0.15) is 18.1 Å². The van der Waals surface area contributed by atoms with Crippen LogP contribution in [0.2, 0.25) is 0 Å². The van der Waals surface area contributed by atoms with Gasteiger partial charge in [-0.25, -0.2) is 8.42 Å². The number of likely N-dealkylation sites (N-methyl/N-ethyl adjacent to an activating group) is 1. The molecule has 1 amide bonds. The minimum atomic E-state index is -3.76. The zero-order chi connectivity index (χ0) is 17.7. The van der Waals surface area contributed by atoms with Crippen molar-refractivity contribution in [2.75, 3.05) is 18.8 Å². The lowest BCUT2D eigenvalue weighted by Crippen LogP contribution is -2.25. The van der Waals surface area contributed by atoms with Crippen molar-refractivity contribution in [3.8, 4) is 0 Å². The summed E-state index contributed by atoms with van der Waals surface area (Å²) in [6.45, 7) is 2.04. The minimum absolute atomic E-state index is 0.0405. The maximum atomic E-state index is 12.7. The summed E-state index contributed by atoms with van der Waals surface area (Å²) in [5, 5.41) is 0. The van der Waals surface area contributed by atoms with E-state index in [0.29, 0.717) is 11.3 Å². The van der Waals surface area contributed by atoms with E-state index in [1.165, 1.54) is 11.0 Å². The third kappa shape index (κ3) is 4.35. The van der Waals surface area contributed by atoms with Gasteiger partial charge in [0.2, 0.25) is 5.91 Å². The van der Waals surface area contributed by atoms with Gasteiger partial charge in [0.25, 0.3) is 10.0 Å². The van der Waals surface area contributed by atoms with Crippen LogP contribution in [0.25, 0.3) is 0 Å². The first-order valence-electron chi connectivity index (χ1n) is 7.73. The Labute approximate surface area is 143 Å². The van der Waals surface area contributed by atoms with E-state index in [0.717, 1.165) is 12.0 Å². The molecule has 0 aromatic heterocycles. The molecule has 128 valence electrons. The second kappa shape index (κ2) is 7.49. The van der Waals surface area contributed by atoms with Crippen LogP contribution in [0.4, 0.5) is 5.69 Å². The van der Waals surface area contributed by atoms with Gasteiger partial charge < -0.3 is 4.90 Å². The zero-order valence-corrected chi connectivity index (χ0v) is 14.9. The number of hydrogen-bond acceptors (Lipinski definition) is 3. The average Bonchev–Trinajstić information content (AvgIpc) is 2.55. The van der Waals surface area contributed by atoms with E-state index < -0.39 is 10.0 Å². The maximum Gasteiger partial charge on any atom is 0.262 e. The first kappa shape index (κ1) is 18.0. The summed E-state index contributed by atoms with van der Waals surface area (Å²) in [5.74, 6) is -0.148. The smallest absolute Gasteiger partial charge is 0.262 e. The van der Waals surface area contributed by atoms with Crippen LogP contribution in [-0.2, 0) is 27.7 Å². The zero-order valence-electron chi connectivity index (χ0n) is 14.1. The van der Waals surface area contributed by atoms with Gasteiger partial charge in [0.05, 0.1) is 11.3 Å². The van der Waals surface area contributed by atoms with E-state index in [9.17, 15) is 13.2 Å². The molecule has 0 fully saturated rings. The molecule has 24 heavy (non-hydrogen) atoms. The molecule has 0 spiro atoms. The fourth-order valence-electron chi connectivity index (χ4n) is 2.25. The van der Waals surface area contributed by atoms with Crippen LogP contribution in [-0.4, -0.2) is 33.3 Å². The van der Waals surface area contributed by atoms with Gasteiger partial charge in [-0.05, 0) is 35.7 Å². The average molecular weight is 346 g/mol. The van der Waals surface area contributed by atoms with Gasteiger partial charge in [-0.15, -0.1) is 0 Å². The van der Waals surface area contributed by atoms with E-state index in [-0.39, 0.29) is 17.2 Å². The van der Waals surface area contributed by atoms with Crippen molar-refractivity contribution in [3.05, 3.63) is 59.7 Å². The number of aryl methyl sites for hydroxylation is 1. The van der Waals surface area contributed by atoms with Crippen LogP contribution >= 0.6 is 0 Å². The van der Waals surface area contributed by atoms with Crippen molar-refractivity contribution in [1.82, 2.24) is 4.90 Å². The SMILES string of the molecule is CCc1ccc(NS(=O)(=O)c2ccccc2CC(=O)N(C)C)cc1. The van der Waals surface area contributed by atoms with Crippen molar-refractivity contribution in [3.63, 3.8) is 0 Å². The van der Waals surface area contributed by atoms with Crippen LogP contribution in [0.5, 0.6) is 0 Å². The van der Waals surface area contributed by atoms with E-state index in [1.807, 2.05) is 19.1 Å². The first-order chi connectivity index (χ1) is 11.3. The molecule has 5 nitrogen and oxygen atoms in total. The Morgan fingerprint density at radius 2 is 1.67 bits per heavy atom. The highest BCUT2D eigenvalue weighted by Gasteiger charge is 2.20. The van der Waals surface area contributed by atoms with E-state index >= 15 is 0 Å². The molecule has 2 aromatic carbocycles. The lowest BCUT2D eigenvalue weighted by atomic mass is 10.1. The molecule has 0 aliphatic heterocycles. The van der Waals surface area contributed by atoms with E-state index in [4.69, 9.17) is 0 Å². The number of benzene rings is 2. The number of anilines is 1. The number of sulfonamides is 1. The van der Waals surface area contributed by atoms with Crippen molar-refractivity contribution < 1.29 is 13.2 Å². The monoisotopic (exact) mass is 346 g/mol. The van der Waals surface area contributed by atoms with Crippen molar-refractivity contribution in [2.24, 2.45) is 0 Å². The van der Waals surface area contributed by atoms with Crippen molar-refractivity contribution in [2.45, 2.75) is 24.7 Å². The third-order valence-electron chi connectivity index (χ3n) is 3.72. The first-order valence-corrected chi connectivity index (χ1v) is 9.21. The summed E-state index contributed by atoms with van der Waals surface area (Å²) < 4.78 is 28.0. The fourth-order valence-corrected chi connectivity index (χ4v) is 3.55. The molecule has 0 heterocycles. The molecule has 2 aromatic rings. The van der Waals surface area contributed by atoms with Crippen LogP contribution in [0, 0.1) is 0 Å². The van der Waals surface area contributed by atoms with Gasteiger partial charge in [-0.2, -0.15) is 0 Å². The standard InChI is InChI=1S/C18H22N2O3S/c1-4-14-9-11-16(12-10-14)19-24(22,23)17-8-6-5-7-15(17)13-18(21)20(2)3/h5-12,19H,4,13H2,1-3H3. The quantitative estimate of drug-likeness (QED) is 0.874. The topological polar surface area (TPSA) is 66.5 Å². The number of hydrogen-bond donors (Lipinski definition) is 1. The second-order valence-electron chi connectivity index (χ2n) is 5.73. The summed E-state index contributed by atoms with van der Waals surface area (Å²) in [5.41, 5.74) is 2.12. The number of nitrogens with zero attached hydrogens (tertiary/aromatic N) is 1. The predicted octanol–water partition coefficient (Wildman–Crippen LogP) is 2.68. The van der Waals surface area contributed by atoms with Gasteiger partial charge in [0, 0.05) is 19.8 Å². The molecule has 0 aliphatic carbocycles. The number of rotatable bonds is 6. The Balaban J connectivity index is 2.30. The molecule has 0 saturated heterocycles. The molecule has 0 aliphatic rings. The van der Waals surface area contributed by atoms with Crippen molar-refractivity contribution in [1.29, 1.82) is 0 Å². The molecule has 0 saturated carbocycles. The Morgan fingerprint density at radius 3 is 2.25 bits per heavy atom. The Kier molecular flexibility index (Phi) is 5.62. The predicted molar refractivity (Wildman–Crippen MR) is 95.5 cm³/mol. The molecule has 6 heteroatoms. The van der Waals surface area contributed by atoms with Gasteiger partial charge >= 0.3 is 0 Å². The lowest BCUT2D eigenvalue weighted by Gasteiger charge is -2.14.